The molecule has 3 aromatic rings. The predicted molar refractivity (Wildman–Crippen MR) is 103 cm³/mol. The van der Waals surface area contributed by atoms with Gasteiger partial charge in [0.05, 0.1) is 4.92 Å². The highest BCUT2D eigenvalue weighted by molar-refractivity contribution is 5.76. The number of rotatable bonds is 9. The largest absolute Gasteiger partial charge is 0.383 e. The number of nitro benzene ring substituents is 1. The fourth-order valence-corrected chi connectivity index (χ4v) is 2.48. The number of anilines is 1. The molecule has 0 bridgehead atoms. The van der Waals surface area contributed by atoms with Crippen molar-refractivity contribution in [2.45, 2.75) is 12.8 Å². The van der Waals surface area contributed by atoms with Gasteiger partial charge in [-0.25, -0.2) is 0 Å². The fraction of sp³-hybridized carbons (Fsp3) is 0.211. The van der Waals surface area contributed by atoms with Gasteiger partial charge in [0.25, 0.3) is 5.69 Å². The van der Waals surface area contributed by atoms with E-state index in [9.17, 15) is 14.9 Å². The number of hydrogen-bond donors (Lipinski definition) is 2. The first kappa shape index (κ1) is 19.0. The van der Waals surface area contributed by atoms with Gasteiger partial charge in [0, 0.05) is 49.3 Å². The Hall–Kier alpha value is -3.75. The van der Waals surface area contributed by atoms with Crippen molar-refractivity contribution in [1.29, 1.82) is 0 Å². The van der Waals surface area contributed by atoms with Crippen molar-refractivity contribution in [2.24, 2.45) is 0 Å². The first-order valence-corrected chi connectivity index (χ1v) is 8.75. The molecule has 2 aromatic carbocycles. The Balaban J connectivity index is 1.36. The number of hydrogen-bond acceptors (Lipinski definition) is 7. The molecule has 9 heteroatoms. The van der Waals surface area contributed by atoms with Crippen LogP contribution in [0.4, 0.5) is 11.4 Å². The lowest BCUT2D eigenvalue weighted by molar-refractivity contribution is -0.384. The molecule has 0 aliphatic heterocycles. The van der Waals surface area contributed by atoms with Gasteiger partial charge in [-0.3, -0.25) is 14.9 Å². The van der Waals surface area contributed by atoms with Gasteiger partial charge in [-0.05, 0) is 12.1 Å². The first-order valence-electron chi connectivity index (χ1n) is 8.75. The van der Waals surface area contributed by atoms with Crippen LogP contribution in [0.3, 0.4) is 0 Å². The number of benzene rings is 2. The summed E-state index contributed by atoms with van der Waals surface area (Å²) < 4.78 is 5.18. The van der Waals surface area contributed by atoms with E-state index in [1.807, 2.05) is 30.3 Å². The summed E-state index contributed by atoms with van der Waals surface area (Å²) in [7, 11) is 0. The van der Waals surface area contributed by atoms with Gasteiger partial charge in [0.15, 0.2) is 0 Å². The molecule has 0 saturated heterocycles. The molecule has 9 nitrogen and oxygen atoms in total. The molecule has 0 saturated carbocycles. The molecule has 0 radical (unpaired) electrons. The lowest BCUT2D eigenvalue weighted by Gasteiger charge is -2.07. The number of aromatic nitrogens is 2. The number of nitrogens with one attached hydrogen (secondary N) is 2. The summed E-state index contributed by atoms with van der Waals surface area (Å²) >= 11 is 0. The maximum absolute atomic E-state index is 11.9. The van der Waals surface area contributed by atoms with Crippen LogP contribution in [0.5, 0.6) is 0 Å². The highest BCUT2D eigenvalue weighted by Crippen LogP contribution is 2.16. The van der Waals surface area contributed by atoms with Gasteiger partial charge in [-0.15, -0.1) is 0 Å². The van der Waals surface area contributed by atoms with E-state index in [4.69, 9.17) is 4.52 Å². The SMILES string of the molecule is O=C(CCc1nc(-c2ccccc2)no1)NCCNc1ccc([N+](=O)[O-])cc1. The molecule has 0 unspecified atom stereocenters. The highest BCUT2D eigenvalue weighted by Gasteiger charge is 2.10. The van der Waals surface area contributed by atoms with Gasteiger partial charge >= 0.3 is 0 Å². The van der Waals surface area contributed by atoms with E-state index >= 15 is 0 Å². The quantitative estimate of drug-likeness (QED) is 0.332. The molecule has 0 atom stereocenters. The van der Waals surface area contributed by atoms with Crippen LogP contribution in [-0.4, -0.2) is 34.1 Å². The van der Waals surface area contributed by atoms with Gasteiger partial charge in [0.1, 0.15) is 0 Å². The molecular formula is C19H19N5O4. The van der Waals surface area contributed by atoms with Gasteiger partial charge in [0.2, 0.25) is 17.6 Å². The second-order valence-electron chi connectivity index (χ2n) is 5.96. The molecule has 144 valence electrons. The molecule has 3 rings (SSSR count). The van der Waals surface area contributed by atoms with E-state index in [-0.39, 0.29) is 18.0 Å². The Morgan fingerprint density at radius 1 is 1.07 bits per heavy atom. The van der Waals surface area contributed by atoms with Crippen molar-refractivity contribution in [3.05, 3.63) is 70.6 Å². The van der Waals surface area contributed by atoms with Crippen LogP contribution in [0, 0.1) is 10.1 Å². The van der Waals surface area contributed by atoms with Crippen LogP contribution in [0.2, 0.25) is 0 Å². The summed E-state index contributed by atoms with van der Waals surface area (Å²) in [5.41, 5.74) is 1.65. The predicted octanol–water partition coefficient (Wildman–Crippen LogP) is 2.81. The minimum Gasteiger partial charge on any atom is -0.383 e. The highest BCUT2D eigenvalue weighted by atomic mass is 16.6. The Bertz CT molecular complexity index is 925. The topological polar surface area (TPSA) is 123 Å². The van der Waals surface area contributed by atoms with Crippen LogP contribution in [0.25, 0.3) is 11.4 Å². The Morgan fingerprint density at radius 2 is 1.82 bits per heavy atom. The Labute approximate surface area is 160 Å². The third-order valence-corrected chi connectivity index (χ3v) is 3.92. The zero-order valence-electron chi connectivity index (χ0n) is 15.0. The van der Waals surface area contributed by atoms with Crippen LogP contribution in [-0.2, 0) is 11.2 Å². The van der Waals surface area contributed by atoms with Gasteiger partial charge < -0.3 is 15.2 Å². The van der Waals surface area contributed by atoms with Crippen molar-refractivity contribution in [3.8, 4) is 11.4 Å². The number of carbonyl (C=O) groups excluding carboxylic acids is 1. The third-order valence-electron chi connectivity index (χ3n) is 3.92. The molecule has 1 amide bonds. The number of nitrogens with zero attached hydrogens (tertiary/aromatic N) is 3. The molecule has 0 aliphatic carbocycles. The van der Waals surface area contributed by atoms with Crippen LogP contribution >= 0.6 is 0 Å². The Morgan fingerprint density at radius 3 is 2.54 bits per heavy atom. The van der Waals surface area contributed by atoms with E-state index in [1.54, 1.807) is 12.1 Å². The molecule has 2 N–H and O–H groups in total. The minimum absolute atomic E-state index is 0.0373. The smallest absolute Gasteiger partial charge is 0.269 e. The maximum Gasteiger partial charge on any atom is 0.269 e. The summed E-state index contributed by atoms with van der Waals surface area (Å²) in [6, 6.07) is 15.6. The third kappa shape index (κ3) is 5.37. The fourth-order valence-electron chi connectivity index (χ4n) is 2.48. The van der Waals surface area contributed by atoms with Gasteiger partial charge in [-0.2, -0.15) is 4.98 Å². The second kappa shape index (κ2) is 9.26. The van der Waals surface area contributed by atoms with Crippen molar-refractivity contribution >= 4 is 17.3 Å². The number of aryl methyl sites for hydroxylation is 1. The van der Waals surface area contributed by atoms with Crippen LogP contribution in [0.1, 0.15) is 12.3 Å². The maximum atomic E-state index is 11.9. The summed E-state index contributed by atoms with van der Waals surface area (Å²) in [4.78, 5) is 26.4. The van der Waals surface area contributed by atoms with Crippen molar-refractivity contribution in [3.63, 3.8) is 0 Å². The number of amides is 1. The van der Waals surface area contributed by atoms with E-state index in [0.717, 1.165) is 11.3 Å². The average Bonchev–Trinajstić information content (AvgIpc) is 3.20. The summed E-state index contributed by atoms with van der Waals surface area (Å²) in [5.74, 6) is 0.797. The van der Waals surface area contributed by atoms with Gasteiger partial charge in [-0.1, -0.05) is 35.5 Å². The zero-order chi connectivity index (χ0) is 19.8. The molecule has 1 heterocycles. The first-order chi connectivity index (χ1) is 13.6. The minimum atomic E-state index is -0.448. The lowest BCUT2D eigenvalue weighted by Crippen LogP contribution is -2.28. The van der Waals surface area contributed by atoms with E-state index in [1.165, 1.54) is 12.1 Å². The summed E-state index contributed by atoms with van der Waals surface area (Å²) in [6.07, 6.45) is 0.607. The summed E-state index contributed by atoms with van der Waals surface area (Å²) in [5, 5.41) is 20.4. The average molecular weight is 381 g/mol. The Kier molecular flexibility index (Phi) is 6.29. The van der Waals surface area contributed by atoms with Crippen molar-refractivity contribution in [2.75, 3.05) is 18.4 Å². The normalized spacial score (nSPS) is 10.4. The number of non-ortho nitro benzene ring substituents is 1. The summed E-state index contributed by atoms with van der Waals surface area (Å²) in [6.45, 7) is 0.928. The van der Waals surface area contributed by atoms with Crippen LogP contribution in [0.15, 0.2) is 59.1 Å². The molecular weight excluding hydrogens is 362 g/mol. The molecule has 28 heavy (non-hydrogen) atoms. The van der Waals surface area contributed by atoms with E-state index in [0.29, 0.717) is 31.2 Å². The van der Waals surface area contributed by atoms with Crippen molar-refractivity contribution < 1.29 is 14.2 Å². The molecule has 1 aromatic heterocycles. The van der Waals surface area contributed by atoms with Crippen molar-refractivity contribution in [1.82, 2.24) is 15.5 Å². The zero-order valence-corrected chi connectivity index (χ0v) is 15.0. The standard InChI is InChI=1S/C19H19N5O4/c25-17(21-13-12-20-15-6-8-16(9-7-15)24(26)27)10-11-18-22-19(23-28-18)14-4-2-1-3-5-14/h1-9,20H,10-13H2,(H,21,25). The molecule has 0 aliphatic rings. The number of nitro groups is 1. The molecule has 0 spiro atoms. The lowest BCUT2D eigenvalue weighted by atomic mass is 10.2. The number of carbonyl (C=O) groups is 1. The molecule has 0 fully saturated rings. The second-order valence-corrected chi connectivity index (χ2v) is 5.96. The monoisotopic (exact) mass is 381 g/mol. The van der Waals surface area contributed by atoms with E-state index < -0.39 is 4.92 Å². The van der Waals surface area contributed by atoms with Crippen LogP contribution < -0.4 is 10.6 Å². The van der Waals surface area contributed by atoms with E-state index in [2.05, 4.69) is 20.8 Å².